The second kappa shape index (κ2) is 9.46. The average molecular weight is 482 g/mol. The SMILES string of the molecule is C[C@@H](Oc1ccc(Cl)cc1Cl)C(=O)OCC(=O)Nc1ccc(Br)cc1Cl. The van der Waals surface area contributed by atoms with Crippen molar-refractivity contribution in [2.45, 2.75) is 13.0 Å². The lowest BCUT2D eigenvalue weighted by molar-refractivity contribution is -0.153. The van der Waals surface area contributed by atoms with Crippen molar-refractivity contribution < 1.29 is 19.1 Å². The van der Waals surface area contributed by atoms with Crippen LogP contribution in [0.3, 0.4) is 0 Å². The molecule has 0 aliphatic carbocycles. The maximum absolute atomic E-state index is 12.0. The number of hydrogen-bond acceptors (Lipinski definition) is 4. The van der Waals surface area contributed by atoms with Crippen LogP contribution in [0.2, 0.25) is 15.1 Å². The minimum atomic E-state index is -0.960. The van der Waals surface area contributed by atoms with Gasteiger partial charge in [-0.3, -0.25) is 4.79 Å². The number of rotatable bonds is 6. The highest BCUT2D eigenvalue weighted by Crippen LogP contribution is 2.28. The van der Waals surface area contributed by atoms with Gasteiger partial charge in [0, 0.05) is 9.50 Å². The molecule has 2 aromatic rings. The molecule has 26 heavy (non-hydrogen) atoms. The van der Waals surface area contributed by atoms with Crippen LogP contribution in [-0.2, 0) is 14.3 Å². The second-order valence-electron chi connectivity index (χ2n) is 5.11. The van der Waals surface area contributed by atoms with E-state index >= 15 is 0 Å². The van der Waals surface area contributed by atoms with E-state index in [0.29, 0.717) is 15.7 Å². The molecule has 0 aliphatic rings. The van der Waals surface area contributed by atoms with Gasteiger partial charge in [0.05, 0.1) is 15.7 Å². The van der Waals surface area contributed by atoms with Gasteiger partial charge in [0.1, 0.15) is 5.75 Å². The Morgan fingerprint density at radius 3 is 2.50 bits per heavy atom. The third kappa shape index (κ3) is 6.06. The average Bonchev–Trinajstić information content (AvgIpc) is 2.57. The van der Waals surface area contributed by atoms with Gasteiger partial charge < -0.3 is 14.8 Å². The molecule has 138 valence electrons. The molecule has 5 nitrogen and oxygen atoms in total. The van der Waals surface area contributed by atoms with Gasteiger partial charge in [0.15, 0.2) is 12.7 Å². The van der Waals surface area contributed by atoms with Gasteiger partial charge in [-0.05, 0) is 43.3 Å². The van der Waals surface area contributed by atoms with Crippen LogP contribution < -0.4 is 10.1 Å². The highest BCUT2D eigenvalue weighted by atomic mass is 79.9. The zero-order chi connectivity index (χ0) is 19.3. The first kappa shape index (κ1) is 20.8. The van der Waals surface area contributed by atoms with E-state index in [1.807, 2.05) is 0 Å². The highest BCUT2D eigenvalue weighted by molar-refractivity contribution is 9.10. The lowest BCUT2D eigenvalue weighted by atomic mass is 10.3. The van der Waals surface area contributed by atoms with E-state index in [0.717, 1.165) is 4.47 Å². The molecule has 0 saturated heterocycles. The van der Waals surface area contributed by atoms with Gasteiger partial charge in [-0.25, -0.2) is 4.79 Å². The van der Waals surface area contributed by atoms with Crippen LogP contribution in [0.15, 0.2) is 40.9 Å². The summed E-state index contributed by atoms with van der Waals surface area (Å²) in [7, 11) is 0. The summed E-state index contributed by atoms with van der Waals surface area (Å²) in [6.45, 7) is 1.00. The van der Waals surface area contributed by atoms with Crippen LogP contribution >= 0.6 is 50.7 Å². The molecule has 1 atom stereocenters. The van der Waals surface area contributed by atoms with Gasteiger partial charge in [0.25, 0.3) is 5.91 Å². The number of amides is 1. The number of hydrogen-bond donors (Lipinski definition) is 1. The van der Waals surface area contributed by atoms with Crippen molar-refractivity contribution in [2.75, 3.05) is 11.9 Å². The topological polar surface area (TPSA) is 64.6 Å². The molecule has 2 rings (SSSR count). The van der Waals surface area contributed by atoms with Gasteiger partial charge in [-0.15, -0.1) is 0 Å². The molecule has 1 N–H and O–H groups in total. The fraction of sp³-hybridized carbons (Fsp3) is 0.176. The summed E-state index contributed by atoms with van der Waals surface area (Å²) >= 11 is 21.1. The largest absolute Gasteiger partial charge is 0.477 e. The molecule has 0 saturated carbocycles. The van der Waals surface area contributed by atoms with Crippen molar-refractivity contribution in [1.29, 1.82) is 0 Å². The number of ether oxygens (including phenoxy) is 2. The number of nitrogens with one attached hydrogen (secondary N) is 1. The standard InChI is InChI=1S/C17H13BrCl3NO4/c1-9(26-15-5-3-11(19)7-13(15)21)17(24)25-8-16(23)22-14-4-2-10(18)6-12(14)20/h2-7,9H,8H2,1H3,(H,22,23)/t9-/m1/s1. The molecule has 0 aliphatic heterocycles. The quantitative estimate of drug-likeness (QED) is 0.565. The molecular weight excluding hydrogens is 468 g/mol. The zero-order valence-electron chi connectivity index (χ0n) is 13.4. The van der Waals surface area contributed by atoms with Crippen molar-refractivity contribution >= 4 is 68.3 Å². The minimum absolute atomic E-state index is 0.264. The van der Waals surface area contributed by atoms with Crippen molar-refractivity contribution in [1.82, 2.24) is 0 Å². The number of esters is 1. The lowest BCUT2D eigenvalue weighted by Gasteiger charge is -2.15. The smallest absolute Gasteiger partial charge is 0.347 e. The zero-order valence-corrected chi connectivity index (χ0v) is 17.2. The lowest BCUT2D eigenvalue weighted by Crippen LogP contribution is -2.29. The third-order valence-corrected chi connectivity index (χ3v) is 4.42. The third-order valence-electron chi connectivity index (χ3n) is 3.08. The Morgan fingerprint density at radius 1 is 1.12 bits per heavy atom. The van der Waals surface area contributed by atoms with E-state index in [1.54, 1.807) is 24.3 Å². The Bertz CT molecular complexity index is 832. The molecule has 0 radical (unpaired) electrons. The molecule has 0 fully saturated rings. The highest BCUT2D eigenvalue weighted by Gasteiger charge is 2.19. The van der Waals surface area contributed by atoms with E-state index in [-0.39, 0.29) is 10.8 Å². The Labute approximate surface area is 173 Å². The van der Waals surface area contributed by atoms with Gasteiger partial charge in [-0.2, -0.15) is 0 Å². The van der Waals surface area contributed by atoms with Gasteiger partial charge in [-0.1, -0.05) is 50.7 Å². The van der Waals surface area contributed by atoms with Crippen LogP contribution in [0.5, 0.6) is 5.75 Å². The number of benzene rings is 2. The molecule has 0 heterocycles. The number of anilines is 1. The van der Waals surface area contributed by atoms with Crippen LogP contribution in [0.1, 0.15) is 6.92 Å². The molecule has 0 spiro atoms. The Hall–Kier alpha value is -1.47. The molecule has 0 bridgehead atoms. The van der Waals surface area contributed by atoms with Gasteiger partial charge in [0.2, 0.25) is 0 Å². The van der Waals surface area contributed by atoms with Crippen LogP contribution in [0.25, 0.3) is 0 Å². The first-order valence-electron chi connectivity index (χ1n) is 7.29. The van der Waals surface area contributed by atoms with Crippen LogP contribution in [0, 0.1) is 0 Å². The fourth-order valence-electron chi connectivity index (χ4n) is 1.84. The Balaban J connectivity index is 1.85. The summed E-state index contributed by atoms with van der Waals surface area (Å²) in [5.41, 5.74) is 0.410. The second-order valence-corrected chi connectivity index (χ2v) is 7.28. The maximum atomic E-state index is 12.0. The van der Waals surface area contributed by atoms with Crippen molar-refractivity contribution in [3.63, 3.8) is 0 Å². The van der Waals surface area contributed by atoms with E-state index < -0.39 is 24.6 Å². The molecule has 1 amide bonds. The summed E-state index contributed by atoms with van der Waals surface area (Å²) in [6, 6.07) is 9.59. The van der Waals surface area contributed by atoms with E-state index in [2.05, 4.69) is 21.2 Å². The summed E-state index contributed by atoms with van der Waals surface area (Å²) < 4.78 is 11.1. The minimum Gasteiger partial charge on any atom is -0.477 e. The van der Waals surface area contributed by atoms with Crippen molar-refractivity contribution in [2.24, 2.45) is 0 Å². The first-order valence-corrected chi connectivity index (χ1v) is 9.22. The van der Waals surface area contributed by atoms with E-state index in [1.165, 1.54) is 19.1 Å². The van der Waals surface area contributed by atoms with Gasteiger partial charge >= 0.3 is 5.97 Å². The summed E-state index contributed by atoms with van der Waals surface area (Å²) in [5.74, 6) is -0.959. The number of halogens is 4. The van der Waals surface area contributed by atoms with Crippen molar-refractivity contribution in [3.8, 4) is 5.75 Å². The van der Waals surface area contributed by atoms with Crippen molar-refractivity contribution in [3.05, 3.63) is 55.9 Å². The summed E-state index contributed by atoms with van der Waals surface area (Å²) in [6.07, 6.45) is -0.960. The first-order chi connectivity index (χ1) is 12.3. The monoisotopic (exact) mass is 479 g/mol. The van der Waals surface area contributed by atoms with E-state index in [4.69, 9.17) is 44.3 Å². The molecule has 0 aromatic heterocycles. The number of carbonyl (C=O) groups excluding carboxylic acids is 2. The summed E-state index contributed by atoms with van der Waals surface area (Å²) in [5, 5.41) is 3.61. The molecule has 9 heteroatoms. The Morgan fingerprint density at radius 2 is 1.85 bits per heavy atom. The number of carbonyl (C=O) groups is 2. The van der Waals surface area contributed by atoms with Crippen LogP contribution in [0.4, 0.5) is 5.69 Å². The Kier molecular flexibility index (Phi) is 7.58. The molecular formula is C17H13BrCl3NO4. The maximum Gasteiger partial charge on any atom is 0.347 e. The predicted molar refractivity (Wildman–Crippen MR) is 105 cm³/mol. The molecule has 0 unspecified atom stereocenters. The fourth-order valence-corrected chi connectivity index (χ4v) is 3.01. The van der Waals surface area contributed by atoms with E-state index in [9.17, 15) is 9.59 Å². The summed E-state index contributed by atoms with van der Waals surface area (Å²) in [4.78, 5) is 23.9. The normalized spacial score (nSPS) is 11.6. The predicted octanol–water partition coefficient (Wildman–Crippen LogP) is 5.36. The molecule has 2 aromatic carbocycles. The van der Waals surface area contributed by atoms with Crippen LogP contribution in [-0.4, -0.2) is 24.6 Å².